The predicted octanol–water partition coefficient (Wildman–Crippen LogP) is 4.82. The van der Waals surface area contributed by atoms with E-state index in [1.807, 2.05) is 13.8 Å². The lowest BCUT2D eigenvalue weighted by molar-refractivity contribution is 0.0601. The number of hydrogen-bond acceptors (Lipinski definition) is 4. The second-order valence-electron chi connectivity index (χ2n) is 6.14. The molecule has 25 heavy (non-hydrogen) atoms. The van der Waals surface area contributed by atoms with Crippen LogP contribution in [0.3, 0.4) is 0 Å². The fraction of sp³-hybridized carbons (Fsp3) is 0.368. The van der Waals surface area contributed by atoms with E-state index in [9.17, 15) is 4.79 Å². The van der Waals surface area contributed by atoms with Gasteiger partial charge in [0.1, 0.15) is 5.00 Å². The van der Waals surface area contributed by atoms with Crippen molar-refractivity contribution in [1.29, 1.82) is 0 Å². The second kappa shape index (κ2) is 7.97. The van der Waals surface area contributed by atoms with Gasteiger partial charge in [0, 0.05) is 4.88 Å². The molecule has 0 spiro atoms. The van der Waals surface area contributed by atoms with Crippen LogP contribution in [0.25, 0.3) is 0 Å². The van der Waals surface area contributed by atoms with Gasteiger partial charge < -0.3 is 15.4 Å². The van der Waals surface area contributed by atoms with Gasteiger partial charge in [0.15, 0.2) is 5.11 Å². The number of carbonyl (C=O) groups excluding carboxylic acids is 1. The molecule has 1 heterocycles. The van der Waals surface area contributed by atoms with Gasteiger partial charge in [-0.05, 0) is 69.1 Å². The highest BCUT2D eigenvalue weighted by Crippen LogP contribution is 2.33. The number of benzene rings is 1. The van der Waals surface area contributed by atoms with Crippen LogP contribution in [0.2, 0.25) is 0 Å². The zero-order chi connectivity index (χ0) is 18.7. The van der Waals surface area contributed by atoms with Gasteiger partial charge in [-0.25, -0.2) is 4.79 Å². The molecule has 0 aliphatic heterocycles. The summed E-state index contributed by atoms with van der Waals surface area (Å²) < 4.78 is 4.89. The molecule has 1 atom stereocenters. The van der Waals surface area contributed by atoms with E-state index in [0.717, 1.165) is 10.4 Å². The minimum Gasteiger partial charge on any atom is -0.465 e. The van der Waals surface area contributed by atoms with Crippen LogP contribution < -0.4 is 10.6 Å². The quantitative estimate of drug-likeness (QED) is 0.592. The predicted molar refractivity (Wildman–Crippen MR) is 109 cm³/mol. The maximum Gasteiger partial charge on any atom is 0.341 e. The number of thiophene rings is 1. The molecule has 1 aromatic carbocycles. The smallest absolute Gasteiger partial charge is 0.341 e. The Hall–Kier alpha value is -1.92. The van der Waals surface area contributed by atoms with E-state index in [2.05, 4.69) is 49.6 Å². The van der Waals surface area contributed by atoms with Crippen molar-refractivity contribution in [2.45, 2.75) is 40.7 Å². The number of hydrogen-bond donors (Lipinski definition) is 2. The number of aryl methyl sites for hydroxylation is 3. The molecule has 0 aliphatic carbocycles. The van der Waals surface area contributed by atoms with Crippen LogP contribution in [0.5, 0.6) is 0 Å². The molecule has 0 aliphatic rings. The number of esters is 1. The van der Waals surface area contributed by atoms with Crippen LogP contribution in [0.1, 0.15) is 50.5 Å². The third-order valence-electron chi connectivity index (χ3n) is 4.38. The number of rotatable bonds is 4. The highest BCUT2D eigenvalue weighted by Gasteiger charge is 2.21. The Morgan fingerprint density at radius 2 is 1.88 bits per heavy atom. The normalized spacial score (nSPS) is 11.8. The first-order valence-corrected chi connectivity index (χ1v) is 9.30. The van der Waals surface area contributed by atoms with E-state index in [0.29, 0.717) is 15.7 Å². The Kier molecular flexibility index (Phi) is 6.19. The third-order valence-corrected chi connectivity index (χ3v) is 5.72. The van der Waals surface area contributed by atoms with Crippen molar-refractivity contribution in [3.63, 3.8) is 0 Å². The number of methoxy groups -OCH3 is 1. The zero-order valence-corrected chi connectivity index (χ0v) is 17.1. The van der Waals surface area contributed by atoms with Crippen LogP contribution in [-0.2, 0) is 4.74 Å². The summed E-state index contributed by atoms with van der Waals surface area (Å²) in [6.45, 7) is 10.1. The number of thiocarbonyl (C=S) groups is 1. The molecule has 134 valence electrons. The third kappa shape index (κ3) is 4.38. The summed E-state index contributed by atoms with van der Waals surface area (Å²) in [6.07, 6.45) is 0. The van der Waals surface area contributed by atoms with Crippen LogP contribution in [0, 0.1) is 27.7 Å². The number of ether oxygens (including phenoxy) is 1. The summed E-state index contributed by atoms with van der Waals surface area (Å²) in [5, 5.41) is 7.63. The lowest BCUT2D eigenvalue weighted by atomic mass is 10.0. The van der Waals surface area contributed by atoms with E-state index in [1.165, 1.54) is 35.1 Å². The number of carbonyl (C=O) groups is 1. The lowest BCUT2D eigenvalue weighted by Gasteiger charge is -2.18. The van der Waals surface area contributed by atoms with Crippen LogP contribution in [0.15, 0.2) is 18.2 Å². The summed E-state index contributed by atoms with van der Waals surface area (Å²) in [5.74, 6) is -0.352. The Balaban J connectivity index is 2.13. The second-order valence-corrected chi connectivity index (χ2v) is 7.78. The van der Waals surface area contributed by atoms with Gasteiger partial charge in [-0.1, -0.05) is 18.2 Å². The van der Waals surface area contributed by atoms with Gasteiger partial charge in [-0.3, -0.25) is 0 Å². The maximum absolute atomic E-state index is 12.0. The van der Waals surface area contributed by atoms with Crippen molar-refractivity contribution >= 4 is 39.6 Å². The molecule has 0 radical (unpaired) electrons. The molecule has 2 aromatic rings. The van der Waals surface area contributed by atoms with Gasteiger partial charge in [0.05, 0.1) is 18.7 Å². The van der Waals surface area contributed by atoms with Gasteiger partial charge in [-0.2, -0.15) is 0 Å². The minimum absolute atomic E-state index is 0.0584. The van der Waals surface area contributed by atoms with Crippen molar-refractivity contribution in [3.8, 4) is 0 Å². The average molecular weight is 377 g/mol. The molecule has 0 fully saturated rings. The summed E-state index contributed by atoms with van der Waals surface area (Å²) in [6, 6.07) is 6.43. The fourth-order valence-corrected chi connectivity index (χ4v) is 3.91. The van der Waals surface area contributed by atoms with Crippen molar-refractivity contribution in [1.82, 2.24) is 5.32 Å². The Labute approximate surface area is 158 Å². The Morgan fingerprint density at radius 1 is 1.20 bits per heavy atom. The fourth-order valence-electron chi connectivity index (χ4n) is 2.52. The van der Waals surface area contributed by atoms with E-state index in [-0.39, 0.29) is 12.0 Å². The molecule has 1 unspecified atom stereocenters. The summed E-state index contributed by atoms with van der Waals surface area (Å²) in [4.78, 5) is 13.1. The monoisotopic (exact) mass is 376 g/mol. The largest absolute Gasteiger partial charge is 0.465 e. The van der Waals surface area contributed by atoms with Crippen LogP contribution in [-0.4, -0.2) is 18.2 Å². The standard InChI is InChI=1S/C19H24N2O2S2/c1-10-7-8-15(9-11(10)2)13(4)20-19(24)21-17-16(18(22)23-6)12(3)14(5)25-17/h7-9,13H,1-6H3,(H2,20,21,24). The molecule has 0 saturated carbocycles. The van der Waals surface area contributed by atoms with E-state index < -0.39 is 0 Å². The van der Waals surface area contributed by atoms with Gasteiger partial charge >= 0.3 is 5.97 Å². The Bertz CT molecular complexity index is 812. The van der Waals surface area contributed by atoms with Crippen molar-refractivity contribution in [2.24, 2.45) is 0 Å². The number of nitrogens with one attached hydrogen (secondary N) is 2. The molecular formula is C19H24N2O2S2. The molecule has 0 amide bonds. The Morgan fingerprint density at radius 3 is 2.48 bits per heavy atom. The molecule has 4 nitrogen and oxygen atoms in total. The van der Waals surface area contributed by atoms with E-state index in [1.54, 1.807) is 0 Å². The zero-order valence-electron chi connectivity index (χ0n) is 15.4. The van der Waals surface area contributed by atoms with Crippen molar-refractivity contribution in [2.75, 3.05) is 12.4 Å². The molecule has 1 aromatic heterocycles. The highest BCUT2D eigenvalue weighted by atomic mass is 32.1. The average Bonchev–Trinajstić information content (AvgIpc) is 2.83. The van der Waals surface area contributed by atoms with E-state index >= 15 is 0 Å². The van der Waals surface area contributed by atoms with Gasteiger partial charge in [-0.15, -0.1) is 11.3 Å². The molecule has 6 heteroatoms. The van der Waals surface area contributed by atoms with Crippen molar-refractivity contribution in [3.05, 3.63) is 50.9 Å². The molecule has 0 bridgehead atoms. The summed E-state index contributed by atoms with van der Waals surface area (Å²) in [5.41, 5.74) is 5.16. The molecule has 0 saturated heterocycles. The lowest BCUT2D eigenvalue weighted by Crippen LogP contribution is -2.31. The highest BCUT2D eigenvalue weighted by molar-refractivity contribution is 7.80. The van der Waals surface area contributed by atoms with Crippen LogP contribution >= 0.6 is 23.6 Å². The number of anilines is 1. The first kappa shape index (κ1) is 19.4. The first-order chi connectivity index (χ1) is 11.7. The van der Waals surface area contributed by atoms with Crippen molar-refractivity contribution < 1.29 is 9.53 Å². The molecular weight excluding hydrogens is 352 g/mol. The van der Waals surface area contributed by atoms with E-state index in [4.69, 9.17) is 17.0 Å². The summed E-state index contributed by atoms with van der Waals surface area (Å²) in [7, 11) is 1.39. The SMILES string of the molecule is COC(=O)c1c(NC(=S)NC(C)c2ccc(C)c(C)c2)sc(C)c1C. The summed E-state index contributed by atoms with van der Waals surface area (Å²) >= 11 is 6.94. The topological polar surface area (TPSA) is 50.4 Å². The van der Waals surface area contributed by atoms with Crippen LogP contribution in [0.4, 0.5) is 5.00 Å². The van der Waals surface area contributed by atoms with Gasteiger partial charge in [0.2, 0.25) is 0 Å². The first-order valence-electron chi connectivity index (χ1n) is 8.07. The minimum atomic E-state index is -0.352. The molecule has 2 N–H and O–H groups in total. The molecule has 2 rings (SSSR count). The van der Waals surface area contributed by atoms with Gasteiger partial charge in [0.25, 0.3) is 0 Å². The maximum atomic E-state index is 12.0.